The fraction of sp³-hybridized carbons (Fsp3) is 0.846. The molecule has 0 bridgehead atoms. The summed E-state index contributed by atoms with van der Waals surface area (Å²) in [5.41, 5.74) is 0. The average Bonchev–Trinajstić information content (AvgIpc) is 3.03. The molecule has 0 aromatic carbocycles. The van der Waals surface area contributed by atoms with Crippen LogP contribution >= 0.6 is 0 Å². The molecule has 2 aliphatic heterocycles. The SMILES string of the molecule is C1CCN(CCc2nc(N3CCCNCC3)n[nH]2)C1. The number of aromatic amines is 1. The third-order valence-corrected chi connectivity index (χ3v) is 4.01. The molecule has 0 unspecified atom stereocenters. The van der Waals surface area contributed by atoms with Crippen molar-refractivity contribution in [3.63, 3.8) is 0 Å². The Kier molecular flexibility index (Phi) is 4.30. The molecule has 2 saturated heterocycles. The first kappa shape index (κ1) is 12.9. The number of H-pyrrole nitrogens is 1. The van der Waals surface area contributed by atoms with E-state index in [0.29, 0.717) is 0 Å². The van der Waals surface area contributed by atoms with Crippen molar-refractivity contribution in [3.8, 4) is 0 Å². The van der Waals surface area contributed by atoms with E-state index in [1.165, 1.54) is 25.9 Å². The largest absolute Gasteiger partial charge is 0.338 e. The van der Waals surface area contributed by atoms with Crippen molar-refractivity contribution in [1.82, 2.24) is 25.4 Å². The number of nitrogens with one attached hydrogen (secondary N) is 2. The lowest BCUT2D eigenvalue weighted by Gasteiger charge is -2.17. The third-order valence-electron chi connectivity index (χ3n) is 4.01. The van der Waals surface area contributed by atoms with Crippen LogP contribution in [0, 0.1) is 0 Å². The molecule has 6 heteroatoms. The highest BCUT2D eigenvalue weighted by molar-refractivity contribution is 5.28. The predicted molar refractivity (Wildman–Crippen MR) is 75.5 cm³/mol. The van der Waals surface area contributed by atoms with Gasteiger partial charge in [0.05, 0.1) is 0 Å². The molecule has 1 aromatic heterocycles. The molecule has 0 amide bonds. The molecule has 2 N–H and O–H groups in total. The van der Waals surface area contributed by atoms with Crippen LogP contribution in [0.1, 0.15) is 25.1 Å². The molecule has 2 fully saturated rings. The van der Waals surface area contributed by atoms with E-state index < -0.39 is 0 Å². The van der Waals surface area contributed by atoms with E-state index in [4.69, 9.17) is 0 Å². The fourth-order valence-electron chi connectivity index (χ4n) is 2.85. The molecule has 106 valence electrons. The Morgan fingerprint density at radius 2 is 1.89 bits per heavy atom. The number of hydrogen-bond acceptors (Lipinski definition) is 5. The van der Waals surface area contributed by atoms with Crippen LogP contribution in [-0.2, 0) is 6.42 Å². The van der Waals surface area contributed by atoms with Gasteiger partial charge >= 0.3 is 0 Å². The quantitative estimate of drug-likeness (QED) is 0.816. The maximum Gasteiger partial charge on any atom is 0.244 e. The summed E-state index contributed by atoms with van der Waals surface area (Å²) < 4.78 is 0. The summed E-state index contributed by atoms with van der Waals surface area (Å²) in [6.07, 6.45) is 4.85. The van der Waals surface area contributed by atoms with E-state index in [1.807, 2.05) is 0 Å². The van der Waals surface area contributed by atoms with Crippen molar-refractivity contribution >= 4 is 5.95 Å². The van der Waals surface area contributed by atoms with Crippen LogP contribution in [0.4, 0.5) is 5.95 Å². The van der Waals surface area contributed by atoms with Gasteiger partial charge in [-0.3, -0.25) is 5.10 Å². The van der Waals surface area contributed by atoms with Crippen molar-refractivity contribution in [2.24, 2.45) is 0 Å². The summed E-state index contributed by atoms with van der Waals surface area (Å²) in [4.78, 5) is 9.43. The lowest BCUT2D eigenvalue weighted by atomic mass is 10.4. The van der Waals surface area contributed by atoms with E-state index in [9.17, 15) is 0 Å². The first-order valence-corrected chi connectivity index (χ1v) is 7.51. The summed E-state index contributed by atoms with van der Waals surface area (Å²) in [6, 6.07) is 0. The normalized spacial score (nSPS) is 21.8. The van der Waals surface area contributed by atoms with Gasteiger partial charge in [-0.1, -0.05) is 0 Å². The van der Waals surface area contributed by atoms with Crippen molar-refractivity contribution in [2.45, 2.75) is 25.7 Å². The molecule has 0 radical (unpaired) electrons. The van der Waals surface area contributed by atoms with Crippen LogP contribution in [0.3, 0.4) is 0 Å². The van der Waals surface area contributed by atoms with Gasteiger partial charge in [0.1, 0.15) is 5.82 Å². The Hall–Kier alpha value is -1.14. The smallest absolute Gasteiger partial charge is 0.244 e. The number of likely N-dealkylation sites (tertiary alicyclic amines) is 1. The predicted octanol–water partition coefficient (Wildman–Crippen LogP) is 0.243. The number of rotatable bonds is 4. The molecule has 19 heavy (non-hydrogen) atoms. The molecular weight excluding hydrogens is 240 g/mol. The second kappa shape index (κ2) is 6.34. The third kappa shape index (κ3) is 3.45. The van der Waals surface area contributed by atoms with Crippen molar-refractivity contribution in [2.75, 3.05) is 50.7 Å². The second-order valence-electron chi connectivity index (χ2n) is 5.47. The summed E-state index contributed by atoms with van der Waals surface area (Å²) in [6.45, 7) is 7.79. The number of aromatic nitrogens is 3. The van der Waals surface area contributed by atoms with Crippen molar-refractivity contribution < 1.29 is 0 Å². The Bertz CT molecular complexity index is 376. The first-order chi connectivity index (χ1) is 9.42. The maximum absolute atomic E-state index is 4.64. The zero-order valence-corrected chi connectivity index (χ0v) is 11.6. The van der Waals surface area contributed by atoms with Gasteiger partial charge in [0, 0.05) is 32.6 Å². The van der Waals surface area contributed by atoms with E-state index in [1.54, 1.807) is 0 Å². The lowest BCUT2D eigenvalue weighted by Crippen LogP contribution is -2.28. The van der Waals surface area contributed by atoms with Crippen LogP contribution in [0.2, 0.25) is 0 Å². The fourth-order valence-corrected chi connectivity index (χ4v) is 2.85. The first-order valence-electron chi connectivity index (χ1n) is 7.51. The molecule has 3 rings (SSSR count). The topological polar surface area (TPSA) is 60.1 Å². The molecule has 0 spiro atoms. The molecule has 1 aromatic rings. The van der Waals surface area contributed by atoms with E-state index in [2.05, 4.69) is 30.3 Å². The van der Waals surface area contributed by atoms with Gasteiger partial charge < -0.3 is 15.1 Å². The van der Waals surface area contributed by atoms with Crippen LogP contribution in [0.5, 0.6) is 0 Å². The number of nitrogens with zero attached hydrogens (tertiary/aromatic N) is 4. The molecule has 3 heterocycles. The van der Waals surface area contributed by atoms with Crippen LogP contribution in [0.15, 0.2) is 0 Å². The highest BCUT2D eigenvalue weighted by atomic mass is 15.4. The standard InChI is InChI=1S/C13H24N6/c1-2-8-18(7-1)10-4-12-15-13(17-16-12)19-9-3-5-14-6-11-19/h14H,1-11H2,(H,15,16,17). The van der Waals surface area contributed by atoms with E-state index in [0.717, 1.165) is 57.3 Å². The Morgan fingerprint density at radius 1 is 1.00 bits per heavy atom. The highest BCUT2D eigenvalue weighted by Crippen LogP contribution is 2.11. The molecule has 2 aliphatic rings. The zero-order valence-electron chi connectivity index (χ0n) is 11.6. The molecule has 0 aliphatic carbocycles. The lowest BCUT2D eigenvalue weighted by molar-refractivity contribution is 0.341. The maximum atomic E-state index is 4.64. The van der Waals surface area contributed by atoms with Crippen LogP contribution in [0.25, 0.3) is 0 Å². The van der Waals surface area contributed by atoms with Gasteiger partial charge in [0.2, 0.25) is 5.95 Å². The van der Waals surface area contributed by atoms with Gasteiger partial charge in [-0.05, 0) is 38.9 Å². The monoisotopic (exact) mass is 264 g/mol. The number of hydrogen-bond donors (Lipinski definition) is 2. The Labute approximate surface area is 114 Å². The second-order valence-corrected chi connectivity index (χ2v) is 5.47. The molecular formula is C13H24N6. The van der Waals surface area contributed by atoms with Gasteiger partial charge in [-0.25, -0.2) is 0 Å². The molecule has 0 saturated carbocycles. The Balaban J connectivity index is 1.52. The summed E-state index contributed by atoms with van der Waals surface area (Å²) in [7, 11) is 0. The van der Waals surface area contributed by atoms with Crippen molar-refractivity contribution in [1.29, 1.82) is 0 Å². The molecule has 6 nitrogen and oxygen atoms in total. The van der Waals surface area contributed by atoms with E-state index in [-0.39, 0.29) is 0 Å². The van der Waals surface area contributed by atoms with Crippen LogP contribution in [-0.4, -0.2) is 65.9 Å². The zero-order chi connectivity index (χ0) is 12.9. The van der Waals surface area contributed by atoms with Gasteiger partial charge in [-0.2, -0.15) is 4.98 Å². The van der Waals surface area contributed by atoms with Gasteiger partial charge in [0.25, 0.3) is 0 Å². The highest BCUT2D eigenvalue weighted by Gasteiger charge is 2.15. The molecule has 0 atom stereocenters. The summed E-state index contributed by atoms with van der Waals surface area (Å²) >= 11 is 0. The Morgan fingerprint density at radius 3 is 2.79 bits per heavy atom. The van der Waals surface area contributed by atoms with E-state index >= 15 is 0 Å². The number of anilines is 1. The van der Waals surface area contributed by atoms with Gasteiger partial charge in [0.15, 0.2) is 0 Å². The summed E-state index contributed by atoms with van der Waals surface area (Å²) in [5.74, 6) is 1.90. The minimum Gasteiger partial charge on any atom is -0.338 e. The minimum absolute atomic E-state index is 0.875. The van der Waals surface area contributed by atoms with Crippen molar-refractivity contribution in [3.05, 3.63) is 5.82 Å². The minimum atomic E-state index is 0.875. The van der Waals surface area contributed by atoms with Gasteiger partial charge in [-0.15, -0.1) is 5.10 Å². The average molecular weight is 264 g/mol. The summed E-state index contributed by atoms with van der Waals surface area (Å²) in [5, 5.41) is 10.9. The van der Waals surface area contributed by atoms with Crippen LogP contribution < -0.4 is 10.2 Å².